The number of oxime groups is 1. The van der Waals surface area contributed by atoms with E-state index in [1.54, 1.807) is 0 Å². The van der Waals surface area contributed by atoms with E-state index in [9.17, 15) is 18.3 Å². The third-order valence-corrected chi connectivity index (χ3v) is 4.26. The van der Waals surface area contributed by atoms with Crippen molar-refractivity contribution in [2.24, 2.45) is 11.1 Å². The SMILES string of the molecule is OC1(C(F)(F)F)ON=C2CCCCCCCCCCC21. The van der Waals surface area contributed by atoms with Gasteiger partial charge < -0.3 is 9.94 Å². The molecule has 2 unspecified atom stereocenters. The Bertz CT molecular complexity index is 357. The molecule has 116 valence electrons. The number of rotatable bonds is 0. The molecule has 0 spiro atoms. The fourth-order valence-corrected chi connectivity index (χ4v) is 3.03. The fourth-order valence-electron chi connectivity index (χ4n) is 3.03. The molecule has 0 amide bonds. The lowest BCUT2D eigenvalue weighted by molar-refractivity contribution is -0.370. The van der Waals surface area contributed by atoms with Gasteiger partial charge >= 0.3 is 12.0 Å². The van der Waals surface area contributed by atoms with Crippen molar-refractivity contribution in [3.05, 3.63) is 0 Å². The van der Waals surface area contributed by atoms with E-state index < -0.39 is 17.9 Å². The molecule has 0 aromatic rings. The van der Waals surface area contributed by atoms with E-state index in [4.69, 9.17) is 0 Å². The molecule has 20 heavy (non-hydrogen) atoms. The van der Waals surface area contributed by atoms with Gasteiger partial charge in [-0.2, -0.15) is 13.2 Å². The molecule has 1 aliphatic heterocycles. The molecule has 2 aliphatic rings. The van der Waals surface area contributed by atoms with Gasteiger partial charge in [0.05, 0.1) is 11.6 Å². The maximum atomic E-state index is 13.0. The fraction of sp³-hybridized carbons (Fsp3) is 0.929. The first kappa shape index (κ1) is 15.6. The summed E-state index contributed by atoms with van der Waals surface area (Å²) in [5.41, 5.74) is 0.380. The van der Waals surface area contributed by atoms with Gasteiger partial charge in [-0.3, -0.25) is 0 Å². The molecule has 2 rings (SSSR count). The Morgan fingerprint density at radius 3 is 2.15 bits per heavy atom. The Hall–Kier alpha value is -0.780. The van der Waals surface area contributed by atoms with Crippen molar-refractivity contribution < 1.29 is 23.1 Å². The first-order valence-electron chi connectivity index (χ1n) is 7.49. The van der Waals surface area contributed by atoms with Crippen LogP contribution < -0.4 is 0 Å². The third-order valence-electron chi connectivity index (χ3n) is 4.26. The molecule has 2 atom stereocenters. The Balaban J connectivity index is 2.08. The minimum absolute atomic E-state index is 0.287. The summed E-state index contributed by atoms with van der Waals surface area (Å²) in [6.07, 6.45) is 3.85. The van der Waals surface area contributed by atoms with Crippen molar-refractivity contribution in [2.45, 2.75) is 76.2 Å². The van der Waals surface area contributed by atoms with Crippen molar-refractivity contribution in [1.82, 2.24) is 0 Å². The van der Waals surface area contributed by atoms with Gasteiger partial charge in [-0.25, -0.2) is 0 Å². The summed E-state index contributed by atoms with van der Waals surface area (Å²) >= 11 is 0. The van der Waals surface area contributed by atoms with Gasteiger partial charge in [0.2, 0.25) is 0 Å². The lowest BCUT2D eigenvalue weighted by atomic mass is 9.85. The molecule has 1 N–H and O–H groups in total. The summed E-state index contributed by atoms with van der Waals surface area (Å²) < 4.78 is 39.1. The topological polar surface area (TPSA) is 41.8 Å². The molecule has 0 saturated heterocycles. The third kappa shape index (κ3) is 3.27. The van der Waals surface area contributed by atoms with E-state index in [2.05, 4.69) is 9.99 Å². The lowest BCUT2D eigenvalue weighted by Crippen LogP contribution is -2.51. The molecule has 1 heterocycles. The van der Waals surface area contributed by atoms with Crippen LogP contribution in [-0.4, -0.2) is 22.8 Å². The summed E-state index contributed by atoms with van der Waals surface area (Å²) in [4.78, 5) is 4.43. The van der Waals surface area contributed by atoms with Crippen molar-refractivity contribution in [3.8, 4) is 0 Å². The second-order valence-corrected chi connectivity index (χ2v) is 5.79. The van der Waals surface area contributed by atoms with Crippen LogP contribution in [0, 0.1) is 5.92 Å². The first-order valence-corrected chi connectivity index (χ1v) is 7.49. The Morgan fingerprint density at radius 2 is 1.55 bits per heavy atom. The molecule has 0 bridgehead atoms. The van der Waals surface area contributed by atoms with Crippen molar-refractivity contribution in [2.75, 3.05) is 0 Å². The summed E-state index contributed by atoms with van der Waals surface area (Å²) in [6, 6.07) is 0. The molecule has 1 saturated carbocycles. The standard InChI is InChI=1S/C14H22F3NO2/c15-14(16,17)13(19)11-9-7-5-3-1-2-4-6-8-10-12(11)18-20-13/h11,19H,1-10H2. The van der Waals surface area contributed by atoms with E-state index >= 15 is 0 Å². The number of fused-ring (bicyclic) bond motifs is 1. The Kier molecular flexibility index (Phi) is 4.94. The summed E-state index contributed by atoms with van der Waals surface area (Å²) in [7, 11) is 0. The predicted molar refractivity (Wildman–Crippen MR) is 69.2 cm³/mol. The molecule has 0 aromatic carbocycles. The largest absolute Gasteiger partial charge is 0.458 e. The van der Waals surface area contributed by atoms with Gasteiger partial charge in [0.15, 0.2) is 0 Å². The number of nitrogens with zero attached hydrogens (tertiary/aromatic N) is 1. The monoisotopic (exact) mass is 293 g/mol. The highest BCUT2D eigenvalue weighted by atomic mass is 19.4. The van der Waals surface area contributed by atoms with E-state index in [-0.39, 0.29) is 6.42 Å². The molecule has 6 heteroatoms. The lowest BCUT2D eigenvalue weighted by Gasteiger charge is -2.29. The van der Waals surface area contributed by atoms with Crippen molar-refractivity contribution in [3.63, 3.8) is 0 Å². The van der Waals surface area contributed by atoms with E-state index in [1.807, 2.05) is 0 Å². The minimum atomic E-state index is -4.81. The molecule has 0 radical (unpaired) electrons. The summed E-state index contributed by atoms with van der Waals surface area (Å²) in [5, 5.41) is 13.4. The van der Waals surface area contributed by atoms with Gasteiger partial charge in [0.25, 0.3) is 0 Å². The van der Waals surface area contributed by atoms with Crippen LogP contribution in [0.15, 0.2) is 5.16 Å². The molecule has 3 nitrogen and oxygen atoms in total. The van der Waals surface area contributed by atoms with E-state index in [1.165, 1.54) is 6.42 Å². The van der Waals surface area contributed by atoms with E-state index in [0.717, 1.165) is 38.5 Å². The van der Waals surface area contributed by atoms with Gasteiger partial charge in [0, 0.05) is 0 Å². The van der Waals surface area contributed by atoms with Crippen LogP contribution in [0.2, 0.25) is 0 Å². The highest BCUT2D eigenvalue weighted by Crippen LogP contribution is 2.44. The summed E-state index contributed by atoms with van der Waals surface area (Å²) in [6.45, 7) is 0. The number of alkyl halides is 3. The number of hydrogen-bond acceptors (Lipinski definition) is 3. The predicted octanol–water partition coefficient (Wildman–Crippen LogP) is 4.15. The van der Waals surface area contributed by atoms with Crippen LogP contribution in [0.1, 0.15) is 64.2 Å². The van der Waals surface area contributed by atoms with Crippen LogP contribution in [0.25, 0.3) is 0 Å². The quantitative estimate of drug-likeness (QED) is 0.729. The van der Waals surface area contributed by atoms with Crippen LogP contribution in [0.4, 0.5) is 13.2 Å². The van der Waals surface area contributed by atoms with Crippen molar-refractivity contribution >= 4 is 5.71 Å². The minimum Gasteiger partial charge on any atom is -0.350 e. The average Bonchev–Trinajstić information content (AvgIpc) is 2.67. The highest BCUT2D eigenvalue weighted by molar-refractivity contribution is 5.88. The first-order chi connectivity index (χ1) is 9.45. The zero-order valence-corrected chi connectivity index (χ0v) is 11.6. The Morgan fingerprint density at radius 1 is 1.00 bits per heavy atom. The normalized spacial score (nSPS) is 33.4. The zero-order chi connectivity index (χ0) is 14.6. The smallest absolute Gasteiger partial charge is 0.350 e. The molecule has 0 aromatic heterocycles. The highest BCUT2D eigenvalue weighted by Gasteiger charge is 2.65. The van der Waals surface area contributed by atoms with Crippen molar-refractivity contribution in [1.29, 1.82) is 0 Å². The zero-order valence-electron chi connectivity index (χ0n) is 11.6. The van der Waals surface area contributed by atoms with Gasteiger partial charge in [-0.15, -0.1) is 0 Å². The molecule has 1 fully saturated rings. The van der Waals surface area contributed by atoms with Crippen LogP contribution in [0.5, 0.6) is 0 Å². The average molecular weight is 293 g/mol. The van der Waals surface area contributed by atoms with Crippen LogP contribution >= 0.6 is 0 Å². The molecule has 1 aliphatic carbocycles. The Labute approximate surface area is 117 Å². The van der Waals surface area contributed by atoms with Gasteiger partial charge in [-0.05, 0) is 19.3 Å². The van der Waals surface area contributed by atoms with Crippen LogP contribution in [0.3, 0.4) is 0 Å². The van der Waals surface area contributed by atoms with Crippen LogP contribution in [-0.2, 0) is 4.84 Å². The maximum absolute atomic E-state index is 13.0. The maximum Gasteiger partial charge on any atom is 0.458 e. The van der Waals surface area contributed by atoms with E-state index in [0.29, 0.717) is 18.6 Å². The number of aliphatic hydroxyl groups is 1. The van der Waals surface area contributed by atoms with Gasteiger partial charge in [-0.1, -0.05) is 50.1 Å². The number of halogens is 3. The summed E-state index contributed by atoms with van der Waals surface area (Å²) in [5.74, 6) is -4.16. The second-order valence-electron chi connectivity index (χ2n) is 5.79. The van der Waals surface area contributed by atoms with Gasteiger partial charge in [0.1, 0.15) is 0 Å². The number of hydrogen-bond donors (Lipinski definition) is 1. The molecular weight excluding hydrogens is 271 g/mol. The molecular formula is C14H22F3NO2. The second kappa shape index (κ2) is 6.33.